The molecule has 1 aliphatic carbocycles. The van der Waals surface area contributed by atoms with E-state index < -0.39 is 12.1 Å². The van der Waals surface area contributed by atoms with Crippen LogP contribution in [0.3, 0.4) is 0 Å². The number of ether oxygens (including phenoxy) is 1. The molecule has 4 heteroatoms. The predicted molar refractivity (Wildman–Crippen MR) is 91.7 cm³/mol. The second kappa shape index (κ2) is 6.92. The molecular formula is C19H18O3S. The average molecular weight is 326 g/mol. The van der Waals surface area contributed by atoms with E-state index in [4.69, 9.17) is 4.74 Å². The van der Waals surface area contributed by atoms with Gasteiger partial charge in [-0.2, -0.15) is 0 Å². The number of carbonyl (C=O) groups is 2. The lowest BCUT2D eigenvalue weighted by molar-refractivity contribution is -0.140. The zero-order valence-corrected chi connectivity index (χ0v) is 13.8. The van der Waals surface area contributed by atoms with Crippen molar-refractivity contribution in [2.75, 3.05) is 0 Å². The van der Waals surface area contributed by atoms with Crippen molar-refractivity contribution in [2.24, 2.45) is 0 Å². The highest BCUT2D eigenvalue weighted by Crippen LogP contribution is 2.23. The maximum atomic E-state index is 12.4. The third kappa shape index (κ3) is 3.77. The molecule has 2 aromatic rings. The van der Waals surface area contributed by atoms with Gasteiger partial charge in [0, 0.05) is 16.5 Å². The van der Waals surface area contributed by atoms with Crippen molar-refractivity contribution in [3.05, 3.63) is 63.4 Å². The van der Waals surface area contributed by atoms with E-state index in [1.54, 1.807) is 13.0 Å². The molecule has 0 saturated heterocycles. The third-order valence-corrected chi connectivity index (χ3v) is 4.81. The number of ketones is 1. The fraction of sp³-hybridized carbons (Fsp3) is 0.263. The summed E-state index contributed by atoms with van der Waals surface area (Å²) in [4.78, 5) is 25.2. The molecule has 0 amide bonds. The van der Waals surface area contributed by atoms with Crippen LogP contribution in [-0.4, -0.2) is 17.9 Å². The highest BCUT2D eigenvalue weighted by atomic mass is 32.1. The highest BCUT2D eigenvalue weighted by molar-refractivity contribution is 7.10. The minimum Gasteiger partial charge on any atom is -0.451 e. The van der Waals surface area contributed by atoms with Crippen LogP contribution < -0.4 is 0 Å². The van der Waals surface area contributed by atoms with Gasteiger partial charge in [-0.15, -0.1) is 11.3 Å². The Morgan fingerprint density at radius 3 is 2.83 bits per heavy atom. The van der Waals surface area contributed by atoms with Crippen LogP contribution in [-0.2, 0) is 22.4 Å². The number of carbonyl (C=O) groups excluding carboxylic acids is 2. The lowest BCUT2D eigenvalue weighted by Gasteiger charge is -2.11. The summed E-state index contributed by atoms with van der Waals surface area (Å²) >= 11 is 1.54. The number of hydrogen-bond acceptors (Lipinski definition) is 4. The van der Waals surface area contributed by atoms with E-state index in [0.29, 0.717) is 5.56 Å². The summed E-state index contributed by atoms with van der Waals surface area (Å²) in [7, 11) is 0. The number of hydrogen-bond donors (Lipinski definition) is 0. The molecule has 23 heavy (non-hydrogen) atoms. The monoisotopic (exact) mass is 326 g/mol. The van der Waals surface area contributed by atoms with Crippen molar-refractivity contribution in [2.45, 2.75) is 32.3 Å². The smallest absolute Gasteiger partial charge is 0.331 e. The molecule has 1 heterocycles. The maximum Gasteiger partial charge on any atom is 0.331 e. The van der Waals surface area contributed by atoms with Gasteiger partial charge in [0.1, 0.15) is 0 Å². The van der Waals surface area contributed by atoms with Crippen LogP contribution >= 0.6 is 11.3 Å². The Kier molecular flexibility index (Phi) is 4.72. The van der Waals surface area contributed by atoms with Crippen molar-refractivity contribution in [1.29, 1.82) is 0 Å². The number of benzene rings is 1. The SMILES string of the molecule is C[C@H](OC(=O)/C=C/c1cccs1)C(=O)c1ccc2c(c1)CCC2. The summed E-state index contributed by atoms with van der Waals surface area (Å²) in [5.41, 5.74) is 3.19. The molecule has 0 fully saturated rings. The first kappa shape index (κ1) is 15.7. The Hall–Kier alpha value is -2.20. The number of esters is 1. The van der Waals surface area contributed by atoms with Crippen molar-refractivity contribution in [1.82, 2.24) is 0 Å². The molecule has 1 aliphatic rings. The van der Waals surface area contributed by atoms with Crippen molar-refractivity contribution in [3.63, 3.8) is 0 Å². The van der Waals surface area contributed by atoms with E-state index in [0.717, 1.165) is 24.1 Å². The Morgan fingerprint density at radius 1 is 1.22 bits per heavy atom. The Balaban J connectivity index is 1.62. The first-order valence-electron chi connectivity index (χ1n) is 7.72. The summed E-state index contributed by atoms with van der Waals surface area (Å²) in [5, 5.41) is 1.94. The molecule has 0 radical (unpaired) electrons. The first-order chi connectivity index (χ1) is 11.1. The lowest BCUT2D eigenvalue weighted by atomic mass is 10.0. The fourth-order valence-corrected chi connectivity index (χ4v) is 3.38. The van der Waals surface area contributed by atoms with Gasteiger partial charge in [0.15, 0.2) is 6.10 Å². The van der Waals surface area contributed by atoms with Gasteiger partial charge in [-0.25, -0.2) is 4.79 Å². The van der Waals surface area contributed by atoms with Crippen LogP contribution in [0.1, 0.15) is 39.7 Å². The molecule has 0 spiro atoms. The summed E-state index contributed by atoms with van der Waals surface area (Å²) in [6.07, 6.45) is 5.52. The quantitative estimate of drug-likeness (QED) is 0.473. The fourth-order valence-electron chi connectivity index (χ4n) is 2.76. The van der Waals surface area contributed by atoms with E-state index in [2.05, 4.69) is 0 Å². The lowest BCUT2D eigenvalue weighted by Crippen LogP contribution is -2.23. The highest BCUT2D eigenvalue weighted by Gasteiger charge is 2.20. The molecule has 118 valence electrons. The van der Waals surface area contributed by atoms with E-state index >= 15 is 0 Å². The molecule has 1 aromatic carbocycles. The van der Waals surface area contributed by atoms with Gasteiger partial charge in [-0.3, -0.25) is 4.79 Å². The zero-order valence-electron chi connectivity index (χ0n) is 13.0. The van der Waals surface area contributed by atoms with Crippen molar-refractivity contribution in [3.8, 4) is 0 Å². The first-order valence-corrected chi connectivity index (χ1v) is 8.59. The van der Waals surface area contributed by atoms with E-state index in [9.17, 15) is 9.59 Å². The summed E-state index contributed by atoms with van der Waals surface area (Å²) in [5.74, 6) is -0.655. The number of Topliss-reactive ketones (excluding diaryl/α,β-unsaturated/α-hetero) is 1. The number of fused-ring (bicyclic) bond motifs is 1. The minimum absolute atomic E-state index is 0.155. The second-order valence-electron chi connectivity index (χ2n) is 5.63. The van der Waals surface area contributed by atoms with E-state index in [1.807, 2.05) is 35.7 Å². The molecule has 3 rings (SSSR count). The van der Waals surface area contributed by atoms with Crippen LogP contribution in [0.4, 0.5) is 0 Å². The van der Waals surface area contributed by atoms with Crippen LogP contribution in [0.5, 0.6) is 0 Å². The van der Waals surface area contributed by atoms with Gasteiger partial charge < -0.3 is 4.74 Å². The maximum absolute atomic E-state index is 12.4. The number of aryl methyl sites for hydroxylation is 2. The molecule has 0 unspecified atom stereocenters. The molecule has 0 N–H and O–H groups in total. The van der Waals surface area contributed by atoms with Crippen molar-refractivity contribution < 1.29 is 14.3 Å². The van der Waals surface area contributed by atoms with Gasteiger partial charge in [-0.05, 0) is 60.9 Å². The number of rotatable bonds is 5. The van der Waals surface area contributed by atoms with E-state index in [1.165, 1.54) is 28.5 Å². The summed E-state index contributed by atoms with van der Waals surface area (Å²) in [6, 6.07) is 9.61. The standard InChI is InChI=1S/C19H18O3S/c1-13(22-18(20)10-9-17-6-3-11-23-17)19(21)16-8-7-14-4-2-5-15(14)12-16/h3,6-13H,2,4-5H2,1H3/b10-9+/t13-/m0/s1. The largest absolute Gasteiger partial charge is 0.451 e. The molecule has 1 aromatic heterocycles. The molecule has 1 atom stereocenters. The van der Waals surface area contributed by atoms with Gasteiger partial charge in [0.05, 0.1) is 0 Å². The molecule has 0 saturated carbocycles. The topological polar surface area (TPSA) is 43.4 Å². The average Bonchev–Trinajstić information content (AvgIpc) is 3.22. The Morgan fingerprint density at radius 2 is 2.04 bits per heavy atom. The molecular weight excluding hydrogens is 308 g/mol. The van der Waals surface area contributed by atoms with E-state index in [-0.39, 0.29) is 5.78 Å². The molecule has 0 bridgehead atoms. The number of thiophene rings is 1. The molecule has 3 nitrogen and oxygen atoms in total. The van der Waals surface area contributed by atoms with Gasteiger partial charge in [0.2, 0.25) is 5.78 Å². The van der Waals surface area contributed by atoms with Crippen LogP contribution in [0.15, 0.2) is 41.8 Å². The summed E-state index contributed by atoms with van der Waals surface area (Å²) < 4.78 is 5.21. The zero-order chi connectivity index (χ0) is 16.2. The Labute approximate surface area is 139 Å². The van der Waals surface area contributed by atoms with Crippen LogP contribution in [0.2, 0.25) is 0 Å². The van der Waals surface area contributed by atoms with Crippen LogP contribution in [0.25, 0.3) is 6.08 Å². The third-order valence-electron chi connectivity index (χ3n) is 3.97. The predicted octanol–water partition coefficient (Wildman–Crippen LogP) is 4.06. The van der Waals surface area contributed by atoms with Gasteiger partial charge in [0.25, 0.3) is 0 Å². The second-order valence-corrected chi connectivity index (χ2v) is 6.61. The van der Waals surface area contributed by atoms with Gasteiger partial charge >= 0.3 is 5.97 Å². The molecule has 0 aliphatic heterocycles. The van der Waals surface area contributed by atoms with Crippen LogP contribution in [0, 0.1) is 0 Å². The Bertz CT molecular complexity index is 744. The van der Waals surface area contributed by atoms with Gasteiger partial charge in [-0.1, -0.05) is 18.2 Å². The normalized spacial score (nSPS) is 14.7. The minimum atomic E-state index is -0.782. The van der Waals surface area contributed by atoms with Crippen molar-refractivity contribution >= 4 is 29.2 Å². The summed E-state index contributed by atoms with van der Waals surface area (Å²) in [6.45, 7) is 1.62.